The van der Waals surface area contributed by atoms with Crippen LogP contribution in [0.3, 0.4) is 0 Å². The number of methoxy groups -OCH3 is 1. The highest BCUT2D eigenvalue weighted by atomic mass is 79.9. The summed E-state index contributed by atoms with van der Waals surface area (Å²) in [4.78, 5) is 1.20. The van der Waals surface area contributed by atoms with Gasteiger partial charge in [0.1, 0.15) is 5.75 Å². The maximum absolute atomic E-state index is 6.46. The molecule has 0 unspecified atom stereocenters. The van der Waals surface area contributed by atoms with Crippen molar-refractivity contribution in [1.29, 1.82) is 0 Å². The molecule has 5 rings (SSSR count). The van der Waals surface area contributed by atoms with Crippen molar-refractivity contribution >= 4 is 33.0 Å². The molecule has 154 valence electrons. The zero-order valence-electron chi connectivity index (χ0n) is 16.7. The molecular formula is C23H21BrN2O3S. The Balaban J connectivity index is 1.58. The average Bonchev–Trinajstić information content (AvgIpc) is 3.44. The zero-order valence-corrected chi connectivity index (χ0v) is 19.1. The van der Waals surface area contributed by atoms with Crippen molar-refractivity contribution in [2.75, 3.05) is 13.7 Å². The van der Waals surface area contributed by atoms with Crippen molar-refractivity contribution in [2.24, 2.45) is 5.10 Å². The number of fused-ring (bicyclic) bond motifs is 3. The number of hydrogen-bond donors (Lipinski definition) is 0. The number of hydrazone groups is 1. The van der Waals surface area contributed by atoms with E-state index in [4.69, 9.17) is 19.3 Å². The van der Waals surface area contributed by atoms with Crippen molar-refractivity contribution in [3.63, 3.8) is 0 Å². The molecular weight excluding hydrogens is 464 g/mol. The quantitative estimate of drug-likeness (QED) is 0.434. The fraction of sp³-hybridized carbons (Fsp3) is 0.261. The summed E-state index contributed by atoms with van der Waals surface area (Å²) >= 11 is 5.32. The topological polar surface area (TPSA) is 43.3 Å². The molecule has 5 nitrogen and oxygen atoms in total. The molecule has 0 radical (unpaired) electrons. The van der Waals surface area contributed by atoms with Crippen LogP contribution >= 0.6 is 27.3 Å². The van der Waals surface area contributed by atoms with Gasteiger partial charge in [-0.25, -0.2) is 5.01 Å². The minimum absolute atomic E-state index is 0.117. The second kappa shape index (κ2) is 7.96. The van der Waals surface area contributed by atoms with E-state index in [2.05, 4.69) is 44.5 Å². The number of thiophene rings is 1. The van der Waals surface area contributed by atoms with E-state index in [0.29, 0.717) is 12.4 Å². The molecule has 1 aromatic heterocycles. The van der Waals surface area contributed by atoms with Gasteiger partial charge in [0.2, 0.25) is 6.23 Å². The fourth-order valence-corrected chi connectivity index (χ4v) is 5.08. The molecule has 2 aromatic carbocycles. The summed E-state index contributed by atoms with van der Waals surface area (Å²) in [5.74, 6) is 2.31. The van der Waals surface area contributed by atoms with Gasteiger partial charge in [0.15, 0.2) is 11.5 Å². The van der Waals surface area contributed by atoms with Crippen LogP contribution in [0, 0.1) is 0 Å². The standard InChI is InChI=1S/C23H21BrN2O3S/c1-3-28-20-8-6-14(11-21(20)27-2)23-26-18(13-17(25-26)22-5-4-10-30-22)16-12-15(24)7-9-19(16)29-23/h4-12,18,23H,3,13H2,1-2H3/t18-,23+/m1/s1. The van der Waals surface area contributed by atoms with Crippen LogP contribution in [-0.2, 0) is 0 Å². The summed E-state index contributed by atoms with van der Waals surface area (Å²) in [7, 11) is 1.65. The Hall–Kier alpha value is -2.51. The smallest absolute Gasteiger partial charge is 0.214 e. The number of ether oxygens (including phenoxy) is 3. The normalized spacial score (nSPS) is 19.6. The molecule has 3 aromatic rings. The predicted octanol–water partition coefficient (Wildman–Crippen LogP) is 6.16. The van der Waals surface area contributed by atoms with E-state index in [1.165, 1.54) is 4.88 Å². The van der Waals surface area contributed by atoms with E-state index in [1.54, 1.807) is 18.4 Å². The van der Waals surface area contributed by atoms with Crippen molar-refractivity contribution in [1.82, 2.24) is 5.01 Å². The Morgan fingerprint density at radius 2 is 2.10 bits per heavy atom. The van der Waals surface area contributed by atoms with E-state index in [-0.39, 0.29) is 12.3 Å². The maximum atomic E-state index is 6.46. The summed E-state index contributed by atoms with van der Waals surface area (Å²) in [5, 5.41) is 9.17. The lowest BCUT2D eigenvalue weighted by atomic mass is 9.97. The molecule has 2 aliphatic heterocycles. The van der Waals surface area contributed by atoms with Crippen molar-refractivity contribution < 1.29 is 14.2 Å². The first-order valence-electron chi connectivity index (χ1n) is 9.84. The van der Waals surface area contributed by atoms with Gasteiger partial charge in [0.25, 0.3) is 0 Å². The first-order chi connectivity index (χ1) is 14.7. The highest BCUT2D eigenvalue weighted by Gasteiger charge is 2.41. The van der Waals surface area contributed by atoms with Crippen LogP contribution < -0.4 is 14.2 Å². The molecule has 3 heterocycles. The summed E-state index contributed by atoms with van der Waals surface area (Å²) in [6.07, 6.45) is 0.503. The van der Waals surface area contributed by atoms with Crippen LogP contribution in [0.15, 0.2) is 63.5 Å². The van der Waals surface area contributed by atoms with Gasteiger partial charge in [-0.1, -0.05) is 22.0 Å². The molecule has 0 spiro atoms. The minimum Gasteiger partial charge on any atom is -0.493 e. The first-order valence-corrected chi connectivity index (χ1v) is 11.5. The highest BCUT2D eigenvalue weighted by Crippen LogP contribution is 2.49. The third-order valence-electron chi connectivity index (χ3n) is 5.33. The second-order valence-electron chi connectivity index (χ2n) is 7.12. The van der Waals surface area contributed by atoms with Gasteiger partial charge in [0, 0.05) is 22.0 Å². The number of rotatable bonds is 5. The van der Waals surface area contributed by atoms with Crippen molar-refractivity contribution in [2.45, 2.75) is 25.6 Å². The van der Waals surface area contributed by atoms with Gasteiger partial charge >= 0.3 is 0 Å². The third kappa shape index (κ3) is 3.36. The molecule has 2 aliphatic rings. The zero-order chi connectivity index (χ0) is 20.7. The van der Waals surface area contributed by atoms with Crippen LogP contribution in [0.1, 0.15) is 41.6 Å². The van der Waals surface area contributed by atoms with Crippen molar-refractivity contribution in [3.8, 4) is 17.2 Å². The number of hydrogen-bond acceptors (Lipinski definition) is 6. The Labute approximate surface area is 188 Å². The molecule has 2 atom stereocenters. The third-order valence-corrected chi connectivity index (χ3v) is 6.74. The largest absolute Gasteiger partial charge is 0.493 e. The molecule has 0 amide bonds. The summed E-state index contributed by atoms with van der Waals surface area (Å²) in [6.45, 7) is 2.54. The Kier molecular flexibility index (Phi) is 5.16. The Bertz CT molecular complexity index is 1100. The lowest BCUT2D eigenvalue weighted by Crippen LogP contribution is -2.33. The van der Waals surface area contributed by atoms with E-state index in [1.807, 2.05) is 37.3 Å². The molecule has 30 heavy (non-hydrogen) atoms. The Morgan fingerprint density at radius 1 is 1.20 bits per heavy atom. The number of nitrogens with zero attached hydrogens (tertiary/aromatic N) is 2. The van der Waals surface area contributed by atoms with Gasteiger partial charge < -0.3 is 14.2 Å². The molecule has 0 saturated heterocycles. The molecule has 0 bridgehead atoms. The van der Waals surface area contributed by atoms with Crippen LogP contribution in [-0.4, -0.2) is 24.4 Å². The molecule has 0 saturated carbocycles. The lowest BCUT2D eigenvalue weighted by molar-refractivity contribution is -0.0192. The van der Waals surface area contributed by atoms with E-state index >= 15 is 0 Å². The van der Waals surface area contributed by atoms with E-state index in [0.717, 1.165) is 39.2 Å². The molecule has 7 heteroatoms. The Morgan fingerprint density at radius 3 is 2.87 bits per heavy atom. The first kappa shape index (κ1) is 19.5. The molecule has 0 N–H and O–H groups in total. The van der Waals surface area contributed by atoms with Crippen LogP contribution in [0.2, 0.25) is 0 Å². The number of benzene rings is 2. The van der Waals surface area contributed by atoms with Gasteiger partial charge in [0.05, 0.1) is 30.3 Å². The summed E-state index contributed by atoms with van der Waals surface area (Å²) < 4.78 is 18.7. The second-order valence-corrected chi connectivity index (χ2v) is 8.98. The van der Waals surface area contributed by atoms with Gasteiger partial charge in [-0.2, -0.15) is 5.10 Å². The van der Waals surface area contributed by atoms with E-state index in [9.17, 15) is 0 Å². The molecule has 0 fully saturated rings. The molecule has 0 aliphatic carbocycles. The lowest BCUT2D eigenvalue weighted by Gasteiger charge is -2.38. The van der Waals surface area contributed by atoms with Crippen LogP contribution in [0.4, 0.5) is 0 Å². The number of halogens is 1. The average molecular weight is 485 g/mol. The summed E-state index contributed by atoms with van der Waals surface area (Å²) in [6, 6.07) is 16.4. The monoisotopic (exact) mass is 484 g/mol. The van der Waals surface area contributed by atoms with Crippen LogP contribution in [0.25, 0.3) is 0 Å². The van der Waals surface area contributed by atoms with Gasteiger partial charge in [-0.05, 0) is 54.8 Å². The van der Waals surface area contributed by atoms with E-state index < -0.39 is 0 Å². The minimum atomic E-state index is -0.342. The predicted molar refractivity (Wildman–Crippen MR) is 122 cm³/mol. The summed E-state index contributed by atoms with van der Waals surface area (Å²) in [5.41, 5.74) is 3.22. The van der Waals surface area contributed by atoms with Gasteiger partial charge in [-0.15, -0.1) is 11.3 Å². The fourth-order valence-electron chi connectivity index (χ4n) is 3.98. The van der Waals surface area contributed by atoms with Crippen molar-refractivity contribution in [3.05, 3.63) is 74.4 Å². The highest BCUT2D eigenvalue weighted by molar-refractivity contribution is 9.10. The SMILES string of the molecule is CCOc1ccc([C@@H]2Oc3ccc(Br)cc3[C@H]3CC(c4cccs4)=NN32)cc1OC. The maximum Gasteiger partial charge on any atom is 0.214 e. The van der Waals surface area contributed by atoms with Crippen LogP contribution in [0.5, 0.6) is 17.2 Å². The van der Waals surface area contributed by atoms with Gasteiger partial charge in [-0.3, -0.25) is 0 Å².